The van der Waals surface area contributed by atoms with Gasteiger partial charge in [-0.25, -0.2) is 0 Å². The van der Waals surface area contributed by atoms with Gasteiger partial charge in [-0.05, 0) is 50.4 Å². The third-order valence-electron chi connectivity index (χ3n) is 5.29. The first-order chi connectivity index (χ1) is 11.0. The molecule has 0 spiro atoms. The molecule has 2 saturated heterocycles. The molecule has 1 N–H and O–H groups in total. The molecule has 0 aliphatic carbocycles. The topological polar surface area (TPSA) is 56.5 Å². The van der Waals surface area contributed by atoms with Gasteiger partial charge in [-0.15, -0.1) is 0 Å². The molecule has 3 atom stereocenters. The number of hydrogen-bond acceptors (Lipinski definition) is 4. The first-order valence-corrected chi connectivity index (χ1v) is 8.62. The van der Waals surface area contributed by atoms with Crippen molar-refractivity contribution in [3.63, 3.8) is 0 Å². The van der Waals surface area contributed by atoms with Crippen LogP contribution >= 0.6 is 11.6 Å². The van der Waals surface area contributed by atoms with E-state index in [9.17, 15) is 10.4 Å². The average Bonchev–Trinajstić information content (AvgIpc) is 2.96. The van der Waals surface area contributed by atoms with Crippen LogP contribution < -0.4 is 0 Å². The van der Waals surface area contributed by atoms with E-state index < -0.39 is 5.60 Å². The molecular weight excluding hydrogens is 312 g/mol. The smallest absolute Gasteiger partial charge is 0.0995 e. The van der Waals surface area contributed by atoms with Crippen LogP contribution in [0.2, 0.25) is 5.02 Å². The van der Waals surface area contributed by atoms with Gasteiger partial charge in [-0.2, -0.15) is 5.26 Å². The number of nitrogens with zero attached hydrogens (tertiary/aromatic N) is 2. The molecule has 2 fully saturated rings. The number of halogens is 1. The van der Waals surface area contributed by atoms with Crippen LogP contribution in [-0.4, -0.2) is 41.4 Å². The van der Waals surface area contributed by atoms with Gasteiger partial charge in [0.25, 0.3) is 0 Å². The van der Waals surface area contributed by atoms with Crippen molar-refractivity contribution in [2.75, 3.05) is 19.8 Å². The number of nitriles is 1. The van der Waals surface area contributed by atoms with Gasteiger partial charge in [0.05, 0.1) is 23.8 Å². The number of ether oxygens (including phenoxy) is 1. The lowest BCUT2D eigenvalue weighted by molar-refractivity contribution is -0.123. The monoisotopic (exact) mass is 334 g/mol. The predicted molar refractivity (Wildman–Crippen MR) is 89.1 cm³/mol. The van der Waals surface area contributed by atoms with Crippen molar-refractivity contribution < 1.29 is 9.84 Å². The zero-order valence-electron chi connectivity index (χ0n) is 13.5. The van der Waals surface area contributed by atoms with E-state index in [0.29, 0.717) is 36.3 Å². The number of aliphatic hydroxyl groups is 1. The van der Waals surface area contributed by atoms with E-state index in [2.05, 4.69) is 11.0 Å². The van der Waals surface area contributed by atoms with Gasteiger partial charge in [0, 0.05) is 30.1 Å². The van der Waals surface area contributed by atoms with Crippen LogP contribution in [0.1, 0.15) is 37.3 Å². The van der Waals surface area contributed by atoms with Crippen LogP contribution in [0.15, 0.2) is 18.2 Å². The maximum absolute atomic E-state index is 10.7. The van der Waals surface area contributed by atoms with Gasteiger partial charge < -0.3 is 9.84 Å². The third kappa shape index (κ3) is 3.54. The summed E-state index contributed by atoms with van der Waals surface area (Å²) in [5.41, 5.74) is 0.957. The fraction of sp³-hybridized carbons (Fsp3) is 0.611. The fourth-order valence-electron chi connectivity index (χ4n) is 3.89. The van der Waals surface area contributed by atoms with Gasteiger partial charge in [-0.3, -0.25) is 4.90 Å². The molecule has 4 nitrogen and oxygen atoms in total. The molecule has 0 aromatic heterocycles. The number of hydrogen-bond donors (Lipinski definition) is 1. The van der Waals surface area contributed by atoms with Crippen molar-refractivity contribution in [2.24, 2.45) is 5.92 Å². The van der Waals surface area contributed by atoms with Crippen LogP contribution in [-0.2, 0) is 11.3 Å². The standard InChI is InChI=1S/C18H23ClN2O2/c1-18(22)6-8-23-12-16(18)17-3-2-7-21(17)11-13-4-5-15(19)9-14(13)10-20/h4-5,9,16-17,22H,2-3,6-8,11-12H2,1H3/t16-,17-,18+/m1/s1. The maximum Gasteiger partial charge on any atom is 0.0995 e. The van der Waals surface area contributed by atoms with Crippen molar-refractivity contribution in [1.82, 2.24) is 4.90 Å². The molecule has 2 aliphatic heterocycles. The highest BCUT2D eigenvalue weighted by atomic mass is 35.5. The summed E-state index contributed by atoms with van der Waals surface area (Å²) in [6, 6.07) is 8.03. The summed E-state index contributed by atoms with van der Waals surface area (Å²) in [6.45, 7) is 4.88. The highest BCUT2D eigenvalue weighted by molar-refractivity contribution is 6.30. The molecule has 5 heteroatoms. The Balaban J connectivity index is 1.79. The van der Waals surface area contributed by atoms with Crippen LogP contribution in [0.25, 0.3) is 0 Å². The van der Waals surface area contributed by atoms with E-state index in [-0.39, 0.29) is 5.92 Å². The Morgan fingerprint density at radius 2 is 2.35 bits per heavy atom. The lowest BCUT2D eigenvalue weighted by Gasteiger charge is -2.43. The molecule has 0 radical (unpaired) electrons. The van der Waals surface area contributed by atoms with Crippen LogP contribution in [0.4, 0.5) is 0 Å². The molecule has 2 aliphatic rings. The third-order valence-corrected chi connectivity index (χ3v) is 5.53. The van der Waals surface area contributed by atoms with E-state index in [1.165, 1.54) is 0 Å². The van der Waals surface area contributed by atoms with Crippen molar-refractivity contribution in [1.29, 1.82) is 5.26 Å². The molecule has 23 heavy (non-hydrogen) atoms. The van der Waals surface area contributed by atoms with E-state index in [1.807, 2.05) is 19.1 Å². The number of benzene rings is 1. The van der Waals surface area contributed by atoms with Crippen LogP contribution in [0.3, 0.4) is 0 Å². The largest absolute Gasteiger partial charge is 0.390 e. The summed E-state index contributed by atoms with van der Waals surface area (Å²) < 4.78 is 5.63. The minimum absolute atomic E-state index is 0.122. The second kappa shape index (κ2) is 6.78. The van der Waals surface area contributed by atoms with E-state index in [4.69, 9.17) is 16.3 Å². The molecule has 0 unspecified atom stereocenters. The fourth-order valence-corrected chi connectivity index (χ4v) is 4.06. The van der Waals surface area contributed by atoms with Gasteiger partial charge in [0.15, 0.2) is 0 Å². The molecule has 124 valence electrons. The molecule has 1 aromatic carbocycles. The molecule has 0 saturated carbocycles. The normalized spacial score (nSPS) is 31.9. The van der Waals surface area contributed by atoms with Crippen LogP contribution in [0, 0.1) is 17.2 Å². The second-order valence-electron chi connectivity index (χ2n) is 6.88. The van der Waals surface area contributed by atoms with Gasteiger partial charge >= 0.3 is 0 Å². The van der Waals surface area contributed by atoms with Crippen molar-refractivity contribution in [3.8, 4) is 6.07 Å². The molecule has 0 amide bonds. The van der Waals surface area contributed by atoms with E-state index in [1.54, 1.807) is 6.07 Å². The van der Waals surface area contributed by atoms with E-state index in [0.717, 1.165) is 31.5 Å². The molecule has 3 rings (SSSR count). The Bertz CT molecular complexity index is 612. The van der Waals surface area contributed by atoms with Crippen molar-refractivity contribution in [2.45, 2.75) is 44.4 Å². The Hall–Kier alpha value is -1.12. The summed E-state index contributed by atoms with van der Waals surface area (Å²) >= 11 is 5.99. The predicted octanol–water partition coefficient (Wildman–Crippen LogP) is 2.96. The highest BCUT2D eigenvalue weighted by Crippen LogP contribution is 2.36. The summed E-state index contributed by atoms with van der Waals surface area (Å²) in [4.78, 5) is 2.39. The maximum atomic E-state index is 10.7. The zero-order valence-corrected chi connectivity index (χ0v) is 14.2. The Kier molecular flexibility index (Phi) is 4.93. The zero-order chi connectivity index (χ0) is 16.4. The van der Waals surface area contributed by atoms with Gasteiger partial charge in [0.1, 0.15) is 0 Å². The molecule has 1 aromatic rings. The molecular formula is C18H23ClN2O2. The van der Waals surface area contributed by atoms with Crippen molar-refractivity contribution in [3.05, 3.63) is 34.3 Å². The number of likely N-dealkylation sites (tertiary alicyclic amines) is 1. The quantitative estimate of drug-likeness (QED) is 0.923. The van der Waals surface area contributed by atoms with Crippen LogP contribution in [0.5, 0.6) is 0 Å². The average molecular weight is 335 g/mol. The minimum atomic E-state index is -0.677. The lowest BCUT2D eigenvalue weighted by atomic mass is 9.79. The SMILES string of the molecule is C[C@]1(O)CCOC[C@@H]1[C@H]1CCCN1Cc1ccc(Cl)cc1C#N. The Labute approximate surface area is 142 Å². The van der Waals surface area contributed by atoms with Gasteiger partial charge in [0.2, 0.25) is 0 Å². The number of rotatable bonds is 3. The summed E-state index contributed by atoms with van der Waals surface area (Å²) in [7, 11) is 0. The first kappa shape index (κ1) is 16.7. The summed E-state index contributed by atoms with van der Waals surface area (Å²) in [5, 5.41) is 20.7. The summed E-state index contributed by atoms with van der Waals surface area (Å²) in [5.74, 6) is 0.122. The Morgan fingerprint density at radius 1 is 1.52 bits per heavy atom. The lowest BCUT2D eigenvalue weighted by Crippen LogP contribution is -2.52. The Morgan fingerprint density at radius 3 is 3.09 bits per heavy atom. The van der Waals surface area contributed by atoms with E-state index >= 15 is 0 Å². The van der Waals surface area contributed by atoms with Crippen molar-refractivity contribution >= 4 is 11.6 Å². The second-order valence-corrected chi connectivity index (χ2v) is 7.32. The summed E-state index contributed by atoms with van der Waals surface area (Å²) in [6.07, 6.45) is 2.87. The molecule has 2 heterocycles. The highest BCUT2D eigenvalue weighted by Gasteiger charge is 2.44. The van der Waals surface area contributed by atoms with Gasteiger partial charge in [-0.1, -0.05) is 17.7 Å². The molecule has 0 bridgehead atoms. The first-order valence-electron chi connectivity index (χ1n) is 8.24. The minimum Gasteiger partial charge on any atom is -0.390 e.